The first kappa shape index (κ1) is 25.8. The van der Waals surface area contributed by atoms with Gasteiger partial charge < -0.3 is 5.32 Å². The maximum absolute atomic E-state index is 12.6. The fourth-order valence-corrected chi connectivity index (χ4v) is 5.68. The summed E-state index contributed by atoms with van der Waals surface area (Å²) < 4.78 is 52.6. The smallest absolute Gasteiger partial charge is 0.261 e. The highest BCUT2D eigenvalue weighted by atomic mass is 35.5. The number of carbonyl (C=O) groups is 1. The first-order chi connectivity index (χ1) is 15.9. The quantitative estimate of drug-likeness (QED) is 0.423. The molecule has 0 saturated carbocycles. The van der Waals surface area contributed by atoms with Gasteiger partial charge in [-0.1, -0.05) is 23.2 Å². The largest absolute Gasteiger partial charge is 0.322 e. The SMILES string of the molecule is CCN(c1ccc(C(=O)Nc2ccc(S(=O)(=O)Nc3cc(Cl)cc(Cl)c3)cc2)cc1)S(C)(=O)=O. The van der Waals surface area contributed by atoms with E-state index < -0.39 is 26.0 Å². The number of benzene rings is 3. The van der Waals surface area contributed by atoms with Crippen LogP contribution in [0.25, 0.3) is 0 Å². The Bertz CT molecular complexity index is 1390. The molecule has 3 rings (SSSR count). The van der Waals surface area contributed by atoms with E-state index in [9.17, 15) is 21.6 Å². The number of rotatable bonds is 8. The molecule has 3 aromatic rings. The van der Waals surface area contributed by atoms with Crippen molar-refractivity contribution in [3.8, 4) is 0 Å². The molecule has 12 heteroatoms. The molecule has 0 bridgehead atoms. The van der Waals surface area contributed by atoms with Gasteiger partial charge >= 0.3 is 0 Å². The Morgan fingerprint density at radius 1 is 0.853 bits per heavy atom. The van der Waals surface area contributed by atoms with Crippen molar-refractivity contribution >= 4 is 66.2 Å². The van der Waals surface area contributed by atoms with E-state index in [-0.39, 0.29) is 27.2 Å². The summed E-state index contributed by atoms with van der Waals surface area (Å²) in [6, 6.07) is 16.1. The molecule has 8 nitrogen and oxygen atoms in total. The lowest BCUT2D eigenvalue weighted by atomic mass is 10.2. The highest BCUT2D eigenvalue weighted by molar-refractivity contribution is 7.92. The first-order valence-corrected chi connectivity index (χ1v) is 14.0. The second-order valence-corrected chi connectivity index (χ2v) is 11.7. The van der Waals surface area contributed by atoms with E-state index in [1.807, 2.05) is 0 Å². The highest BCUT2D eigenvalue weighted by Gasteiger charge is 2.17. The molecule has 34 heavy (non-hydrogen) atoms. The number of hydrogen-bond donors (Lipinski definition) is 2. The molecule has 0 unspecified atom stereocenters. The van der Waals surface area contributed by atoms with Crippen molar-refractivity contribution in [3.63, 3.8) is 0 Å². The molecule has 2 N–H and O–H groups in total. The molecule has 0 heterocycles. The van der Waals surface area contributed by atoms with Gasteiger partial charge in [0.15, 0.2) is 0 Å². The lowest BCUT2D eigenvalue weighted by Crippen LogP contribution is -2.29. The van der Waals surface area contributed by atoms with Gasteiger partial charge in [0, 0.05) is 27.8 Å². The molecule has 0 fully saturated rings. The number of halogens is 2. The van der Waals surface area contributed by atoms with Crippen molar-refractivity contribution in [2.75, 3.05) is 27.1 Å². The molecule has 0 saturated heterocycles. The van der Waals surface area contributed by atoms with Crippen LogP contribution in [0.4, 0.5) is 17.1 Å². The fourth-order valence-electron chi connectivity index (χ4n) is 3.14. The Hall–Kier alpha value is -2.79. The summed E-state index contributed by atoms with van der Waals surface area (Å²) >= 11 is 11.8. The summed E-state index contributed by atoms with van der Waals surface area (Å²) in [7, 11) is -7.33. The molecular formula is C22H21Cl2N3O5S2. The molecule has 180 valence electrons. The number of carbonyl (C=O) groups excluding carboxylic acids is 1. The summed E-state index contributed by atoms with van der Waals surface area (Å²) in [6.07, 6.45) is 1.11. The molecule has 0 aliphatic heterocycles. The fraction of sp³-hybridized carbons (Fsp3) is 0.136. The van der Waals surface area contributed by atoms with Crippen LogP contribution in [0.15, 0.2) is 71.6 Å². The normalized spacial score (nSPS) is 11.6. The van der Waals surface area contributed by atoms with Crippen LogP contribution in [0.1, 0.15) is 17.3 Å². The van der Waals surface area contributed by atoms with Crippen molar-refractivity contribution < 1.29 is 21.6 Å². The van der Waals surface area contributed by atoms with Crippen LogP contribution in [0, 0.1) is 0 Å². The van der Waals surface area contributed by atoms with Gasteiger partial charge in [-0.05, 0) is 73.7 Å². The molecule has 0 atom stereocenters. The van der Waals surface area contributed by atoms with Gasteiger partial charge in [0.1, 0.15) is 0 Å². The summed E-state index contributed by atoms with van der Waals surface area (Å²) in [6.45, 7) is 1.98. The van der Waals surface area contributed by atoms with Gasteiger partial charge in [-0.3, -0.25) is 13.8 Å². The lowest BCUT2D eigenvalue weighted by molar-refractivity contribution is 0.102. The Balaban J connectivity index is 1.71. The number of anilines is 3. The van der Waals surface area contributed by atoms with Gasteiger partial charge in [0.25, 0.3) is 15.9 Å². The Morgan fingerprint density at radius 2 is 1.41 bits per heavy atom. The maximum Gasteiger partial charge on any atom is 0.261 e. The summed E-state index contributed by atoms with van der Waals surface area (Å²) in [5.41, 5.74) is 1.36. The predicted octanol–water partition coefficient (Wildman–Crippen LogP) is 4.83. The van der Waals surface area contributed by atoms with Crippen molar-refractivity contribution in [3.05, 3.63) is 82.3 Å². The van der Waals surface area contributed by atoms with Gasteiger partial charge in [-0.25, -0.2) is 16.8 Å². The van der Waals surface area contributed by atoms with Crippen molar-refractivity contribution in [1.29, 1.82) is 0 Å². The lowest BCUT2D eigenvalue weighted by Gasteiger charge is -2.20. The van der Waals surface area contributed by atoms with Crippen LogP contribution < -0.4 is 14.3 Å². The Labute approximate surface area is 208 Å². The van der Waals surface area contributed by atoms with Crippen LogP contribution in [-0.4, -0.2) is 35.5 Å². The van der Waals surface area contributed by atoms with Gasteiger partial charge in [0.05, 0.1) is 22.5 Å². The van der Waals surface area contributed by atoms with E-state index >= 15 is 0 Å². The number of nitrogens with zero attached hydrogens (tertiary/aromatic N) is 1. The third-order valence-electron chi connectivity index (χ3n) is 4.64. The summed E-state index contributed by atoms with van der Waals surface area (Å²) in [4.78, 5) is 12.5. The average molecular weight is 542 g/mol. The summed E-state index contributed by atoms with van der Waals surface area (Å²) in [5.74, 6) is -0.434. The zero-order valence-corrected chi connectivity index (χ0v) is 21.3. The van der Waals surface area contributed by atoms with Crippen LogP contribution in [-0.2, 0) is 20.0 Å². The number of nitrogens with one attached hydrogen (secondary N) is 2. The number of amides is 1. The van der Waals surface area contributed by atoms with Crippen molar-refractivity contribution in [1.82, 2.24) is 0 Å². The van der Waals surface area contributed by atoms with E-state index in [0.29, 0.717) is 16.9 Å². The first-order valence-electron chi connectivity index (χ1n) is 9.87. The van der Waals surface area contributed by atoms with Gasteiger partial charge in [0.2, 0.25) is 10.0 Å². The van der Waals surface area contributed by atoms with Gasteiger partial charge in [-0.15, -0.1) is 0 Å². The zero-order chi connectivity index (χ0) is 25.1. The average Bonchev–Trinajstić information content (AvgIpc) is 2.73. The second-order valence-electron chi connectivity index (χ2n) is 7.22. The Morgan fingerprint density at radius 3 is 1.91 bits per heavy atom. The topological polar surface area (TPSA) is 113 Å². The molecule has 0 radical (unpaired) electrons. The zero-order valence-electron chi connectivity index (χ0n) is 18.1. The molecule has 0 spiro atoms. The molecule has 3 aromatic carbocycles. The minimum Gasteiger partial charge on any atom is -0.322 e. The van der Waals surface area contributed by atoms with Gasteiger partial charge in [-0.2, -0.15) is 0 Å². The monoisotopic (exact) mass is 541 g/mol. The third-order valence-corrected chi connectivity index (χ3v) is 7.75. The maximum atomic E-state index is 12.6. The van der Waals surface area contributed by atoms with E-state index in [2.05, 4.69) is 10.0 Å². The number of hydrogen-bond acceptors (Lipinski definition) is 5. The highest BCUT2D eigenvalue weighted by Crippen LogP contribution is 2.25. The number of sulfonamides is 2. The minimum absolute atomic E-state index is 0.0219. The van der Waals surface area contributed by atoms with Crippen molar-refractivity contribution in [2.24, 2.45) is 0 Å². The van der Waals surface area contributed by atoms with Crippen LogP contribution in [0.2, 0.25) is 10.0 Å². The summed E-state index contributed by atoms with van der Waals surface area (Å²) in [5, 5.41) is 3.25. The van der Waals surface area contributed by atoms with Crippen LogP contribution in [0.3, 0.4) is 0 Å². The Kier molecular flexibility index (Phi) is 7.77. The molecule has 0 aromatic heterocycles. The molecular weight excluding hydrogens is 521 g/mol. The molecule has 1 amide bonds. The van der Waals surface area contributed by atoms with E-state index in [4.69, 9.17) is 23.2 Å². The second kappa shape index (κ2) is 10.2. The van der Waals surface area contributed by atoms with E-state index in [1.54, 1.807) is 19.1 Å². The third kappa shape index (κ3) is 6.41. The van der Waals surface area contributed by atoms with E-state index in [0.717, 1.165) is 6.26 Å². The van der Waals surface area contributed by atoms with E-state index in [1.165, 1.54) is 58.9 Å². The standard InChI is InChI=1S/C22H21Cl2N3O5S2/c1-3-27(33(2,29)30)20-8-4-15(5-9-20)22(28)25-18-6-10-21(11-7-18)34(31,32)26-19-13-16(23)12-17(24)14-19/h4-14,26H,3H2,1-2H3,(H,25,28). The molecule has 0 aliphatic rings. The molecule has 0 aliphatic carbocycles. The van der Waals surface area contributed by atoms with Crippen LogP contribution in [0.5, 0.6) is 0 Å². The van der Waals surface area contributed by atoms with Crippen LogP contribution >= 0.6 is 23.2 Å². The predicted molar refractivity (Wildman–Crippen MR) is 136 cm³/mol. The van der Waals surface area contributed by atoms with Crippen molar-refractivity contribution in [2.45, 2.75) is 11.8 Å². The minimum atomic E-state index is -3.91.